The molecule has 0 saturated heterocycles. The lowest BCUT2D eigenvalue weighted by Crippen LogP contribution is -2.15. The molecule has 108 valence electrons. The molecule has 0 aromatic heterocycles. The molecule has 0 saturated carbocycles. The average Bonchev–Trinajstić information content (AvgIpc) is 2.53. The predicted molar refractivity (Wildman–Crippen MR) is 85.1 cm³/mol. The second-order valence-electron chi connectivity index (χ2n) is 4.64. The number of carbonyl (C=O) groups excluding carboxylic acids is 1. The zero-order valence-corrected chi connectivity index (χ0v) is 12.1. The van der Waals surface area contributed by atoms with Crippen molar-refractivity contribution in [1.29, 1.82) is 0 Å². The molecular weight excluding hydrogens is 262 g/mol. The van der Waals surface area contributed by atoms with Crippen molar-refractivity contribution in [2.75, 3.05) is 5.32 Å². The first-order valence-corrected chi connectivity index (χ1v) is 7.06. The Morgan fingerprint density at radius 1 is 1.05 bits per heavy atom. The number of para-hydroxylation sites is 2. The summed E-state index contributed by atoms with van der Waals surface area (Å²) in [5, 5.41) is 2.88. The van der Waals surface area contributed by atoms with Crippen molar-refractivity contribution in [3.63, 3.8) is 0 Å². The van der Waals surface area contributed by atoms with Gasteiger partial charge in [0, 0.05) is 5.69 Å². The Balaban J connectivity index is 2.05. The molecule has 0 atom stereocenters. The lowest BCUT2D eigenvalue weighted by atomic mass is 10.1. The van der Waals surface area contributed by atoms with Crippen LogP contribution in [0.5, 0.6) is 5.75 Å². The van der Waals surface area contributed by atoms with E-state index in [9.17, 15) is 4.79 Å². The van der Waals surface area contributed by atoms with Crippen LogP contribution in [0, 0.1) is 0 Å². The van der Waals surface area contributed by atoms with Crippen LogP contribution in [-0.4, -0.2) is 5.91 Å². The number of amides is 1. The van der Waals surface area contributed by atoms with Crippen molar-refractivity contribution in [3.05, 3.63) is 72.5 Å². The van der Waals surface area contributed by atoms with Crippen LogP contribution in [0.4, 0.5) is 5.69 Å². The fourth-order valence-corrected chi connectivity index (χ4v) is 1.87. The molecule has 2 rings (SSSR count). The summed E-state index contributed by atoms with van der Waals surface area (Å²) in [7, 11) is 0. The molecule has 0 aliphatic carbocycles. The van der Waals surface area contributed by atoms with Gasteiger partial charge in [0.1, 0.15) is 5.75 Å². The summed E-state index contributed by atoms with van der Waals surface area (Å²) in [5.74, 6) is 0.595. The van der Waals surface area contributed by atoms with Crippen LogP contribution in [0.1, 0.15) is 19.8 Å². The summed E-state index contributed by atoms with van der Waals surface area (Å²) in [4.78, 5) is 12.3. The lowest BCUT2D eigenvalue weighted by molar-refractivity contribution is -0.113. The number of benzene rings is 2. The van der Waals surface area contributed by atoms with E-state index >= 15 is 0 Å². The van der Waals surface area contributed by atoms with Gasteiger partial charge in [-0.1, -0.05) is 49.7 Å². The van der Waals surface area contributed by atoms with Gasteiger partial charge >= 0.3 is 0 Å². The Morgan fingerprint density at radius 2 is 1.67 bits per heavy atom. The number of anilines is 1. The minimum atomic E-state index is -0.126. The smallest absolute Gasteiger partial charge is 0.254 e. The van der Waals surface area contributed by atoms with E-state index in [4.69, 9.17) is 4.74 Å². The summed E-state index contributed by atoms with van der Waals surface area (Å²) >= 11 is 0. The molecule has 1 amide bonds. The zero-order valence-electron chi connectivity index (χ0n) is 12.1. The summed E-state index contributed by atoms with van der Waals surface area (Å²) in [6, 6.07) is 18.8. The molecule has 2 aromatic carbocycles. The van der Waals surface area contributed by atoms with E-state index in [0.717, 1.165) is 17.9 Å². The maximum Gasteiger partial charge on any atom is 0.254 e. The molecule has 0 spiro atoms. The number of ether oxygens (including phenoxy) is 1. The van der Waals surface area contributed by atoms with Crippen LogP contribution in [0.15, 0.2) is 72.5 Å². The third kappa shape index (κ3) is 4.80. The molecule has 0 aliphatic rings. The van der Waals surface area contributed by atoms with Crippen LogP contribution in [-0.2, 0) is 4.79 Å². The van der Waals surface area contributed by atoms with Crippen LogP contribution < -0.4 is 10.1 Å². The summed E-state index contributed by atoms with van der Waals surface area (Å²) in [6.07, 6.45) is 3.09. The van der Waals surface area contributed by atoms with E-state index in [1.807, 2.05) is 67.6 Å². The van der Waals surface area contributed by atoms with Crippen molar-refractivity contribution >= 4 is 11.6 Å². The monoisotopic (exact) mass is 281 g/mol. The Bertz CT molecular complexity index is 591. The molecule has 3 heteroatoms. The van der Waals surface area contributed by atoms with Crippen molar-refractivity contribution in [2.45, 2.75) is 19.8 Å². The summed E-state index contributed by atoms with van der Waals surface area (Å²) in [5.41, 5.74) is 1.41. The maximum atomic E-state index is 12.3. The minimum Gasteiger partial charge on any atom is -0.465 e. The Kier molecular flexibility index (Phi) is 5.59. The quantitative estimate of drug-likeness (QED) is 0.630. The normalized spacial score (nSPS) is 11.0. The van der Waals surface area contributed by atoms with Gasteiger partial charge in [0.15, 0.2) is 0 Å². The van der Waals surface area contributed by atoms with Crippen molar-refractivity contribution in [3.8, 4) is 5.75 Å². The van der Waals surface area contributed by atoms with Gasteiger partial charge in [-0.05, 0) is 30.7 Å². The molecule has 0 bridgehead atoms. The van der Waals surface area contributed by atoms with E-state index in [1.165, 1.54) is 6.26 Å². The Morgan fingerprint density at radius 3 is 2.29 bits per heavy atom. The molecule has 0 fully saturated rings. The average molecular weight is 281 g/mol. The highest BCUT2D eigenvalue weighted by atomic mass is 16.5. The van der Waals surface area contributed by atoms with E-state index in [1.54, 1.807) is 0 Å². The van der Waals surface area contributed by atoms with Crippen LogP contribution in [0.2, 0.25) is 0 Å². The van der Waals surface area contributed by atoms with Crippen LogP contribution in [0.25, 0.3) is 0 Å². The van der Waals surface area contributed by atoms with Crippen LogP contribution in [0.3, 0.4) is 0 Å². The van der Waals surface area contributed by atoms with Gasteiger partial charge in [-0.25, -0.2) is 0 Å². The minimum absolute atomic E-state index is 0.126. The van der Waals surface area contributed by atoms with Gasteiger partial charge in [-0.3, -0.25) is 4.79 Å². The van der Waals surface area contributed by atoms with E-state index in [0.29, 0.717) is 12.0 Å². The predicted octanol–water partition coefficient (Wildman–Crippen LogP) is 4.39. The van der Waals surface area contributed by atoms with Gasteiger partial charge in [0.2, 0.25) is 0 Å². The first-order valence-electron chi connectivity index (χ1n) is 7.06. The van der Waals surface area contributed by atoms with Crippen molar-refractivity contribution < 1.29 is 9.53 Å². The molecule has 2 aromatic rings. The second-order valence-corrected chi connectivity index (χ2v) is 4.64. The number of hydrogen-bond acceptors (Lipinski definition) is 2. The van der Waals surface area contributed by atoms with Crippen LogP contribution >= 0.6 is 0 Å². The van der Waals surface area contributed by atoms with Gasteiger partial charge < -0.3 is 10.1 Å². The summed E-state index contributed by atoms with van der Waals surface area (Å²) < 4.78 is 5.56. The second kappa shape index (κ2) is 7.90. The molecular formula is C18H19NO2. The number of carbonyl (C=O) groups is 1. The highest BCUT2D eigenvalue weighted by Crippen LogP contribution is 2.14. The van der Waals surface area contributed by atoms with Crippen molar-refractivity contribution in [2.24, 2.45) is 0 Å². The molecule has 21 heavy (non-hydrogen) atoms. The SMILES string of the molecule is CCC/C(=C\Oc1ccccc1)C(=O)Nc1ccccc1. The van der Waals surface area contributed by atoms with E-state index in [2.05, 4.69) is 5.32 Å². The number of nitrogens with one attached hydrogen (secondary N) is 1. The fourth-order valence-electron chi connectivity index (χ4n) is 1.87. The zero-order chi connectivity index (χ0) is 14.9. The largest absolute Gasteiger partial charge is 0.465 e. The van der Waals surface area contributed by atoms with Gasteiger partial charge in [-0.2, -0.15) is 0 Å². The third-order valence-electron chi connectivity index (χ3n) is 2.92. The van der Waals surface area contributed by atoms with Crippen molar-refractivity contribution in [1.82, 2.24) is 0 Å². The van der Waals surface area contributed by atoms with Gasteiger partial charge in [0.25, 0.3) is 5.91 Å². The van der Waals surface area contributed by atoms with E-state index < -0.39 is 0 Å². The molecule has 0 aliphatic heterocycles. The fraction of sp³-hybridized carbons (Fsp3) is 0.167. The highest BCUT2D eigenvalue weighted by molar-refractivity contribution is 6.03. The first kappa shape index (κ1) is 14.9. The topological polar surface area (TPSA) is 38.3 Å². The molecule has 0 heterocycles. The first-order chi connectivity index (χ1) is 10.3. The molecule has 0 radical (unpaired) electrons. The number of hydrogen-bond donors (Lipinski definition) is 1. The maximum absolute atomic E-state index is 12.3. The highest BCUT2D eigenvalue weighted by Gasteiger charge is 2.09. The molecule has 0 unspecified atom stereocenters. The standard InChI is InChI=1S/C18H19NO2/c1-2-9-15(14-21-17-12-7-4-8-13-17)18(20)19-16-10-5-3-6-11-16/h3-8,10-14H,2,9H2,1H3,(H,19,20)/b15-14+. The van der Waals surface area contributed by atoms with E-state index in [-0.39, 0.29) is 5.91 Å². The van der Waals surface area contributed by atoms with Gasteiger partial charge in [0.05, 0.1) is 11.8 Å². The number of rotatable bonds is 6. The lowest BCUT2D eigenvalue weighted by Gasteiger charge is -2.08. The Hall–Kier alpha value is -2.55. The van der Waals surface area contributed by atoms with Gasteiger partial charge in [-0.15, -0.1) is 0 Å². The molecule has 3 nitrogen and oxygen atoms in total. The molecule has 1 N–H and O–H groups in total. The third-order valence-corrected chi connectivity index (χ3v) is 2.92. The Labute approximate surface area is 125 Å². The summed E-state index contributed by atoms with van der Waals surface area (Å²) in [6.45, 7) is 2.03.